The number of hydrogen-bond acceptors (Lipinski definition) is 2. The van der Waals surface area contributed by atoms with Gasteiger partial charge in [-0.2, -0.15) is 0 Å². The average Bonchev–Trinajstić information content (AvgIpc) is 2.69. The number of fused-ring (bicyclic) bond motifs is 1. The van der Waals surface area contributed by atoms with Crippen molar-refractivity contribution < 1.29 is 9.47 Å². The van der Waals surface area contributed by atoms with Crippen molar-refractivity contribution in [1.29, 1.82) is 0 Å². The van der Waals surface area contributed by atoms with Crippen LogP contribution >= 0.6 is 0 Å². The molecule has 96 valence electrons. The summed E-state index contributed by atoms with van der Waals surface area (Å²) in [6, 6.07) is 16.2. The van der Waals surface area contributed by atoms with E-state index in [1.54, 1.807) is 7.11 Å². The van der Waals surface area contributed by atoms with E-state index < -0.39 is 0 Å². The van der Waals surface area contributed by atoms with Crippen LogP contribution in [-0.2, 0) is 6.42 Å². The van der Waals surface area contributed by atoms with Crippen LogP contribution in [0.2, 0.25) is 0 Å². The van der Waals surface area contributed by atoms with E-state index in [0.717, 1.165) is 23.5 Å². The zero-order chi connectivity index (χ0) is 13.1. The molecule has 0 saturated heterocycles. The Kier molecular flexibility index (Phi) is 3.23. The van der Waals surface area contributed by atoms with Crippen molar-refractivity contribution in [2.24, 2.45) is 0 Å². The van der Waals surface area contributed by atoms with Gasteiger partial charge in [0.05, 0.1) is 7.11 Å². The van der Waals surface area contributed by atoms with Gasteiger partial charge in [0.15, 0.2) is 0 Å². The molecule has 0 saturated carbocycles. The minimum Gasteiger partial charge on any atom is -0.497 e. The predicted octanol–water partition coefficient (Wildman–Crippen LogP) is 3.93. The van der Waals surface area contributed by atoms with E-state index in [0.29, 0.717) is 0 Å². The van der Waals surface area contributed by atoms with Crippen LogP contribution in [0.1, 0.15) is 17.2 Å². The minimum absolute atomic E-state index is 0.0177. The van der Waals surface area contributed by atoms with Crippen molar-refractivity contribution in [3.63, 3.8) is 0 Å². The minimum atomic E-state index is -0.0177. The van der Waals surface area contributed by atoms with Gasteiger partial charge in [0, 0.05) is 5.56 Å². The number of ether oxygens (including phenoxy) is 2. The Morgan fingerprint density at radius 3 is 2.74 bits per heavy atom. The number of benzene rings is 2. The van der Waals surface area contributed by atoms with E-state index >= 15 is 0 Å². The SMILES string of the molecule is COc1ccc2c(c1)CC=C[C@@H](c1ccccc1)O2. The summed E-state index contributed by atoms with van der Waals surface area (Å²) < 4.78 is 11.4. The maximum atomic E-state index is 6.10. The smallest absolute Gasteiger partial charge is 0.142 e. The quantitative estimate of drug-likeness (QED) is 0.754. The first-order valence-corrected chi connectivity index (χ1v) is 6.42. The molecule has 0 fully saturated rings. The molecule has 1 aliphatic rings. The van der Waals surface area contributed by atoms with Gasteiger partial charge in [0.1, 0.15) is 17.6 Å². The van der Waals surface area contributed by atoms with E-state index in [1.807, 2.05) is 36.4 Å². The Labute approximate surface area is 113 Å². The highest BCUT2D eigenvalue weighted by molar-refractivity contribution is 5.43. The zero-order valence-electron chi connectivity index (χ0n) is 10.9. The summed E-state index contributed by atoms with van der Waals surface area (Å²) in [4.78, 5) is 0. The highest BCUT2D eigenvalue weighted by atomic mass is 16.5. The third kappa shape index (κ3) is 2.48. The van der Waals surface area contributed by atoms with Crippen LogP contribution < -0.4 is 9.47 Å². The van der Waals surface area contributed by atoms with Crippen molar-refractivity contribution >= 4 is 0 Å². The van der Waals surface area contributed by atoms with Crippen molar-refractivity contribution in [1.82, 2.24) is 0 Å². The molecule has 0 unspecified atom stereocenters. The number of hydrogen-bond donors (Lipinski definition) is 0. The van der Waals surface area contributed by atoms with Crippen LogP contribution in [0.4, 0.5) is 0 Å². The molecule has 19 heavy (non-hydrogen) atoms. The Bertz CT molecular complexity index is 587. The molecule has 2 nitrogen and oxygen atoms in total. The summed E-state index contributed by atoms with van der Waals surface area (Å²) in [6.45, 7) is 0. The first kappa shape index (κ1) is 11.8. The normalized spacial score (nSPS) is 17.2. The Hall–Kier alpha value is -2.22. The van der Waals surface area contributed by atoms with Gasteiger partial charge in [-0.25, -0.2) is 0 Å². The van der Waals surface area contributed by atoms with Gasteiger partial charge in [0.25, 0.3) is 0 Å². The van der Waals surface area contributed by atoms with Crippen LogP contribution in [0.25, 0.3) is 0 Å². The van der Waals surface area contributed by atoms with Crippen LogP contribution in [0.3, 0.4) is 0 Å². The van der Waals surface area contributed by atoms with Crippen LogP contribution in [0.5, 0.6) is 11.5 Å². The number of methoxy groups -OCH3 is 1. The van der Waals surface area contributed by atoms with Gasteiger partial charge >= 0.3 is 0 Å². The molecule has 0 bridgehead atoms. The summed E-state index contributed by atoms with van der Waals surface area (Å²) in [7, 11) is 1.68. The monoisotopic (exact) mass is 252 g/mol. The Morgan fingerprint density at radius 2 is 1.95 bits per heavy atom. The molecule has 0 aromatic heterocycles. The van der Waals surface area contributed by atoms with E-state index in [4.69, 9.17) is 9.47 Å². The highest BCUT2D eigenvalue weighted by Gasteiger charge is 2.15. The number of allylic oxidation sites excluding steroid dienone is 1. The zero-order valence-corrected chi connectivity index (χ0v) is 10.9. The summed E-state index contributed by atoms with van der Waals surface area (Å²) in [6.07, 6.45) is 5.12. The second-order valence-electron chi connectivity index (χ2n) is 4.56. The molecule has 1 aliphatic heterocycles. The molecular weight excluding hydrogens is 236 g/mol. The second-order valence-corrected chi connectivity index (χ2v) is 4.56. The third-order valence-electron chi connectivity index (χ3n) is 3.30. The number of rotatable bonds is 2. The molecule has 0 aliphatic carbocycles. The lowest BCUT2D eigenvalue weighted by atomic mass is 10.1. The fraction of sp³-hybridized carbons (Fsp3) is 0.176. The summed E-state index contributed by atoms with van der Waals surface area (Å²) in [5.74, 6) is 1.80. The molecule has 2 aromatic rings. The van der Waals surface area contributed by atoms with Gasteiger partial charge in [-0.3, -0.25) is 0 Å². The molecule has 3 rings (SSSR count). The maximum absolute atomic E-state index is 6.10. The molecule has 0 N–H and O–H groups in total. The molecule has 0 radical (unpaired) electrons. The summed E-state index contributed by atoms with van der Waals surface area (Å²) >= 11 is 0. The lowest BCUT2D eigenvalue weighted by molar-refractivity contribution is 0.255. The first-order valence-electron chi connectivity index (χ1n) is 6.42. The van der Waals surface area contributed by atoms with Gasteiger partial charge < -0.3 is 9.47 Å². The molecule has 1 heterocycles. The first-order chi connectivity index (χ1) is 9.36. The molecule has 1 atom stereocenters. The topological polar surface area (TPSA) is 18.5 Å². The van der Waals surface area contributed by atoms with Gasteiger partial charge in [-0.15, -0.1) is 0 Å². The second kappa shape index (κ2) is 5.19. The molecule has 0 amide bonds. The van der Waals surface area contributed by atoms with E-state index in [9.17, 15) is 0 Å². The van der Waals surface area contributed by atoms with Gasteiger partial charge in [-0.1, -0.05) is 36.4 Å². The van der Waals surface area contributed by atoms with E-state index in [2.05, 4.69) is 24.3 Å². The van der Waals surface area contributed by atoms with Crippen molar-refractivity contribution in [3.8, 4) is 11.5 Å². The molecule has 0 spiro atoms. The highest BCUT2D eigenvalue weighted by Crippen LogP contribution is 2.32. The Balaban J connectivity index is 1.92. The van der Waals surface area contributed by atoms with Crippen LogP contribution in [-0.4, -0.2) is 7.11 Å². The Morgan fingerprint density at radius 1 is 1.11 bits per heavy atom. The molecule has 2 aromatic carbocycles. The van der Waals surface area contributed by atoms with Crippen molar-refractivity contribution in [3.05, 3.63) is 71.8 Å². The van der Waals surface area contributed by atoms with Crippen LogP contribution in [0.15, 0.2) is 60.7 Å². The van der Waals surface area contributed by atoms with Crippen molar-refractivity contribution in [2.45, 2.75) is 12.5 Å². The predicted molar refractivity (Wildman–Crippen MR) is 75.6 cm³/mol. The molecular formula is C17H16O2. The molecule has 2 heteroatoms. The average molecular weight is 252 g/mol. The van der Waals surface area contributed by atoms with Crippen LogP contribution in [0, 0.1) is 0 Å². The van der Waals surface area contributed by atoms with Crippen molar-refractivity contribution in [2.75, 3.05) is 7.11 Å². The standard InChI is InChI=1S/C17H16O2/c1-18-15-10-11-17-14(12-15)8-5-9-16(19-17)13-6-3-2-4-7-13/h2-7,9-12,16H,8H2,1H3/t16-/m0/s1. The van der Waals surface area contributed by atoms with Gasteiger partial charge in [-0.05, 0) is 36.3 Å². The maximum Gasteiger partial charge on any atom is 0.142 e. The van der Waals surface area contributed by atoms with E-state index in [1.165, 1.54) is 5.56 Å². The fourth-order valence-electron chi connectivity index (χ4n) is 2.27. The van der Waals surface area contributed by atoms with E-state index in [-0.39, 0.29) is 6.10 Å². The largest absolute Gasteiger partial charge is 0.497 e. The summed E-state index contributed by atoms with van der Waals surface area (Å²) in [5.41, 5.74) is 2.33. The summed E-state index contributed by atoms with van der Waals surface area (Å²) in [5, 5.41) is 0. The third-order valence-corrected chi connectivity index (χ3v) is 3.30. The fourth-order valence-corrected chi connectivity index (χ4v) is 2.27. The lowest BCUT2D eigenvalue weighted by Gasteiger charge is -2.16. The van der Waals surface area contributed by atoms with Gasteiger partial charge in [0.2, 0.25) is 0 Å². The lowest BCUT2D eigenvalue weighted by Crippen LogP contribution is -2.04.